The van der Waals surface area contributed by atoms with Crippen LogP contribution in [0, 0.1) is 12.7 Å². The third kappa shape index (κ3) is 7.17. The Balaban J connectivity index is 2.08. The first kappa shape index (κ1) is 23.9. The molecule has 0 heterocycles. The van der Waals surface area contributed by atoms with E-state index in [0.29, 0.717) is 12.3 Å². The number of hydrogen-bond donors (Lipinski definition) is 1. The van der Waals surface area contributed by atoms with Gasteiger partial charge in [0.2, 0.25) is 11.8 Å². The monoisotopic (exact) mass is 430 g/mol. The van der Waals surface area contributed by atoms with E-state index in [9.17, 15) is 14.0 Å². The summed E-state index contributed by atoms with van der Waals surface area (Å²) < 4.78 is 13.1. The van der Waals surface area contributed by atoms with E-state index in [1.165, 1.54) is 23.9 Å². The van der Waals surface area contributed by atoms with Crippen molar-refractivity contribution in [2.75, 3.05) is 5.75 Å². The molecule has 0 aliphatic carbocycles. The third-order valence-electron chi connectivity index (χ3n) is 5.18. The van der Waals surface area contributed by atoms with Gasteiger partial charge in [0.05, 0.1) is 5.75 Å². The van der Waals surface area contributed by atoms with E-state index in [4.69, 9.17) is 0 Å². The zero-order valence-corrected chi connectivity index (χ0v) is 19.0. The van der Waals surface area contributed by atoms with Gasteiger partial charge in [-0.15, -0.1) is 11.8 Å². The maximum atomic E-state index is 13.1. The van der Waals surface area contributed by atoms with Crippen LogP contribution in [0.15, 0.2) is 48.5 Å². The van der Waals surface area contributed by atoms with Crippen LogP contribution < -0.4 is 5.32 Å². The van der Waals surface area contributed by atoms with Crippen LogP contribution in [-0.2, 0) is 21.9 Å². The maximum absolute atomic E-state index is 13.1. The molecule has 0 aliphatic heterocycles. The number of nitrogens with zero attached hydrogens (tertiary/aromatic N) is 1. The van der Waals surface area contributed by atoms with Crippen molar-refractivity contribution >= 4 is 23.6 Å². The Kier molecular flexibility index (Phi) is 9.37. The molecule has 0 fully saturated rings. The number of nitrogens with one attached hydrogen (secondary N) is 1. The van der Waals surface area contributed by atoms with Gasteiger partial charge in [0, 0.05) is 18.3 Å². The number of amides is 2. The molecule has 0 bridgehead atoms. The second-order valence-electron chi connectivity index (χ2n) is 7.56. The maximum Gasteiger partial charge on any atom is 0.242 e. The van der Waals surface area contributed by atoms with Gasteiger partial charge in [0.15, 0.2) is 0 Å². The van der Waals surface area contributed by atoms with Gasteiger partial charge in [-0.25, -0.2) is 4.39 Å². The number of carbonyl (C=O) groups excluding carboxylic acids is 2. The molecule has 30 heavy (non-hydrogen) atoms. The molecular weight excluding hydrogens is 399 g/mol. The van der Waals surface area contributed by atoms with Crippen molar-refractivity contribution in [3.05, 3.63) is 71.0 Å². The normalized spacial score (nSPS) is 12.8. The van der Waals surface area contributed by atoms with Crippen molar-refractivity contribution in [2.45, 2.75) is 58.5 Å². The van der Waals surface area contributed by atoms with E-state index < -0.39 is 6.04 Å². The standard InChI is InChI=1S/C24H31FN2O2S/c1-5-18(3)26-24(29)19(4)27(14-21-9-7-6-8-17(21)2)23(28)16-30-15-20-10-12-22(25)13-11-20/h6-13,18-19H,5,14-16H2,1-4H3,(H,26,29)/t18-,19-/m1/s1. The predicted molar refractivity (Wildman–Crippen MR) is 122 cm³/mol. The predicted octanol–water partition coefficient (Wildman–Crippen LogP) is 4.70. The smallest absolute Gasteiger partial charge is 0.242 e. The zero-order chi connectivity index (χ0) is 22.1. The Morgan fingerprint density at radius 3 is 2.40 bits per heavy atom. The topological polar surface area (TPSA) is 49.4 Å². The van der Waals surface area contributed by atoms with Gasteiger partial charge in [-0.05, 0) is 56.0 Å². The molecule has 0 saturated carbocycles. The van der Waals surface area contributed by atoms with Gasteiger partial charge >= 0.3 is 0 Å². The summed E-state index contributed by atoms with van der Waals surface area (Å²) in [5, 5.41) is 2.98. The highest BCUT2D eigenvalue weighted by atomic mass is 32.2. The Morgan fingerprint density at radius 1 is 1.10 bits per heavy atom. The van der Waals surface area contributed by atoms with Crippen molar-refractivity contribution in [3.63, 3.8) is 0 Å². The lowest BCUT2D eigenvalue weighted by molar-refractivity contribution is -0.138. The van der Waals surface area contributed by atoms with Crippen molar-refractivity contribution in [1.82, 2.24) is 10.2 Å². The van der Waals surface area contributed by atoms with Crippen molar-refractivity contribution < 1.29 is 14.0 Å². The summed E-state index contributed by atoms with van der Waals surface area (Å²) in [4.78, 5) is 27.4. The Labute approximate surface area is 183 Å². The molecule has 6 heteroatoms. The SMILES string of the molecule is CC[C@@H](C)NC(=O)[C@@H](C)N(Cc1ccccc1C)C(=O)CSCc1ccc(F)cc1. The molecule has 4 nitrogen and oxygen atoms in total. The van der Waals surface area contributed by atoms with Crippen LogP contribution in [-0.4, -0.2) is 34.6 Å². The molecule has 0 aliphatic rings. The Morgan fingerprint density at radius 2 is 1.77 bits per heavy atom. The van der Waals surface area contributed by atoms with E-state index in [0.717, 1.165) is 23.1 Å². The minimum Gasteiger partial charge on any atom is -0.352 e. The summed E-state index contributed by atoms with van der Waals surface area (Å²) in [5.41, 5.74) is 3.07. The summed E-state index contributed by atoms with van der Waals surface area (Å²) in [6, 6.07) is 13.7. The van der Waals surface area contributed by atoms with Gasteiger partial charge in [-0.3, -0.25) is 9.59 Å². The summed E-state index contributed by atoms with van der Waals surface area (Å²) in [5.74, 6) is 0.361. The molecule has 2 amide bonds. The van der Waals surface area contributed by atoms with E-state index in [-0.39, 0.29) is 29.4 Å². The first-order valence-corrected chi connectivity index (χ1v) is 11.4. The lowest BCUT2D eigenvalue weighted by Crippen LogP contribution is -2.50. The highest BCUT2D eigenvalue weighted by Gasteiger charge is 2.27. The molecule has 0 spiro atoms. The summed E-state index contributed by atoms with van der Waals surface area (Å²) >= 11 is 1.47. The third-order valence-corrected chi connectivity index (χ3v) is 6.17. The van der Waals surface area contributed by atoms with E-state index in [1.807, 2.05) is 45.0 Å². The molecule has 1 N–H and O–H groups in total. The minimum atomic E-state index is -0.572. The number of aryl methyl sites for hydroxylation is 1. The van der Waals surface area contributed by atoms with Crippen molar-refractivity contribution in [2.24, 2.45) is 0 Å². The van der Waals surface area contributed by atoms with E-state index >= 15 is 0 Å². The minimum absolute atomic E-state index is 0.0585. The van der Waals surface area contributed by atoms with Crippen LogP contribution in [0.3, 0.4) is 0 Å². The molecule has 0 saturated heterocycles. The highest BCUT2D eigenvalue weighted by Crippen LogP contribution is 2.18. The Hall–Kier alpha value is -2.34. The van der Waals surface area contributed by atoms with Gasteiger partial charge in [-0.1, -0.05) is 43.3 Å². The van der Waals surface area contributed by atoms with Crippen LogP contribution in [0.2, 0.25) is 0 Å². The van der Waals surface area contributed by atoms with Crippen molar-refractivity contribution in [1.29, 1.82) is 0 Å². The van der Waals surface area contributed by atoms with Gasteiger partial charge in [0.25, 0.3) is 0 Å². The van der Waals surface area contributed by atoms with E-state index in [1.54, 1.807) is 24.0 Å². The molecule has 2 aromatic carbocycles. The highest BCUT2D eigenvalue weighted by molar-refractivity contribution is 7.99. The average Bonchev–Trinajstić information content (AvgIpc) is 2.73. The fourth-order valence-electron chi connectivity index (χ4n) is 2.94. The number of rotatable bonds is 10. The molecule has 2 atom stereocenters. The quantitative estimate of drug-likeness (QED) is 0.594. The van der Waals surface area contributed by atoms with Crippen LogP contribution >= 0.6 is 11.8 Å². The first-order valence-electron chi connectivity index (χ1n) is 10.3. The fourth-order valence-corrected chi connectivity index (χ4v) is 3.81. The molecule has 0 radical (unpaired) electrons. The fraction of sp³-hybridized carbons (Fsp3) is 0.417. The number of halogens is 1. The molecule has 2 aromatic rings. The van der Waals surface area contributed by atoms with Crippen LogP contribution in [0.4, 0.5) is 4.39 Å². The lowest BCUT2D eigenvalue weighted by atomic mass is 10.1. The second kappa shape index (κ2) is 11.7. The zero-order valence-electron chi connectivity index (χ0n) is 18.2. The first-order chi connectivity index (χ1) is 14.3. The number of benzene rings is 2. The summed E-state index contributed by atoms with van der Waals surface area (Å²) in [6.07, 6.45) is 0.831. The molecule has 0 unspecified atom stereocenters. The van der Waals surface area contributed by atoms with Crippen LogP contribution in [0.1, 0.15) is 43.9 Å². The Bertz CT molecular complexity index is 841. The molecular formula is C24H31FN2O2S. The summed E-state index contributed by atoms with van der Waals surface area (Å²) in [7, 11) is 0. The van der Waals surface area contributed by atoms with Crippen LogP contribution in [0.5, 0.6) is 0 Å². The van der Waals surface area contributed by atoms with E-state index in [2.05, 4.69) is 5.32 Å². The second-order valence-corrected chi connectivity index (χ2v) is 8.55. The number of thioether (sulfide) groups is 1. The average molecular weight is 431 g/mol. The lowest BCUT2D eigenvalue weighted by Gasteiger charge is -2.30. The van der Waals surface area contributed by atoms with Crippen LogP contribution in [0.25, 0.3) is 0 Å². The summed E-state index contributed by atoms with van der Waals surface area (Å²) in [6.45, 7) is 8.13. The van der Waals surface area contributed by atoms with Gasteiger partial charge in [-0.2, -0.15) is 0 Å². The largest absolute Gasteiger partial charge is 0.352 e. The molecule has 0 aromatic heterocycles. The molecule has 162 valence electrons. The van der Waals surface area contributed by atoms with Gasteiger partial charge < -0.3 is 10.2 Å². The number of carbonyl (C=O) groups is 2. The van der Waals surface area contributed by atoms with Crippen molar-refractivity contribution in [3.8, 4) is 0 Å². The molecule has 2 rings (SSSR count). The van der Waals surface area contributed by atoms with Gasteiger partial charge in [0.1, 0.15) is 11.9 Å². The number of hydrogen-bond acceptors (Lipinski definition) is 3.